The summed E-state index contributed by atoms with van der Waals surface area (Å²) >= 11 is 0. The van der Waals surface area contributed by atoms with E-state index >= 15 is 0 Å². The third-order valence-corrected chi connectivity index (χ3v) is 1.19. The monoisotopic (exact) mass is 176 g/mol. The average Bonchev–Trinajstić information content (AvgIpc) is 1.88. The number of nitrogen functional groups attached to an aromatic ring is 1. The van der Waals surface area contributed by atoms with Crippen LogP contribution < -0.4 is 5.73 Å². The van der Waals surface area contributed by atoms with E-state index in [0.717, 1.165) is 0 Å². The van der Waals surface area contributed by atoms with Gasteiger partial charge in [0.2, 0.25) is 0 Å². The predicted molar refractivity (Wildman–Crippen MR) is 43.6 cm³/mol. The summed E-state index contributed by atoms with van der Waals surface area (Å²) in [5, 5.41) is 8.49. The minimum Gasteiger partial charge on any atom is -0.478 e. The Balaban J connectivity index is 0.000001000. The molecule has 3 nitrogen and oxygen atoms in total. The van der Waals surface area contributed by atoms with Crippen molar-refractivity contribution in [2.75, 3.05) is 5.73 Å². The van der Waals surface area contributed by atoms with E-state index in [4.69, 9.17) is 10.8 Å². The second-order valence-corrected chi connectivity index (χ2v) is 1.89. The van der Waals surface area contributed by atoms with Crippen LogP contribution in [-0.4, -0.2) is 62.5 Å². The molecule has 0 spiro atoms. The summed E-state index contributed by atoms with van der Waals surface area (Å²) in [5.74, 6) is -0.988. The largest absolute Gasteiger partial charge is 0.478 e. The van der Waals surface area contributed by atoms with E-state index in [1.807, 2.05) is 0 Å². The van der Waals surface area contributed by atoms with Crippen LogP contribution >= 0.6 is 0 Å². The molecule has 0 saturated carbocycles. The summed E-state index contributed by atoms with van der Waals surface area (Å²) in [5.41, 5.74) is 5.80. The molecule has 1 rings (SSSR count). The summed E-state index contributed by atoms with van der Waals surface area (Å²) in [6, 6.07) is 6.36. The number of nitrogens with two attached hydrogens (primary N) is 1. The molecular weight excluding hydrogens is 169 g/mol. The van der Waals surface area contributed by atoms with Gasteiger partial charge < -0.3 is 10.8 Å². The van der Waals surface area contributed by atoms with Crippen molar-refractivity contribution in [3.05, 3.63) is 29.8 Å². The number of hydrogen-bond donors (Lipinski definition) is 2. The fraction of sp³-hybridized carbons (Fsp3) is 0. The minimum atomic E-state index is -0.988. The van der Waals surface area contributed by atoms with Crippen molar-refractivity contribution in [1.82, 2.24) is 0 Å². The first-order valence-corrected chi connectivity index (χ1v) is 2.79. The summed E-state index contributed by atoms with van der Waals surface area (Å²) in [4.78, 5) is 10.3. The standard InChI is InChI=1S/C7H7NO2.K/c8-6-4-2-1-3-5(6)7(9)10;/h1-4H,8H2,(H,9,10);. The number of benzene rings is 1. The molecule has 53 valence electrons. The predicted octanol–water partition coefficient (Wildman–Crippen LogP) is 0.586. The maximum Gasteiger partial charge on any atom is 0.337 e. The number of hydrogen-bond acceptors (Lipinski definition) is 2. The van der Waals surface area contributed by atoms with Crippen molar-refractivity contribution in [2.24, 2.45) is 0 Å². The molecule has 1 aromatic carbocycles. The zero-order valence-corrected chi connectivity index (χ0v) is 9.37. The van der Waals surface area contributed by atoms with Gasteiger partial charge in [-0.25, -0.2) is 4.79 Å². The number of carboxylic acid groups (broad SMARTS) is 1. The number of carboxylic acids is 1. The van der Waals surface area contributed by atoms with Crippen LogP contribution in [0.2, 0.25) is 0 Å². The Morgan fingerprint density at radius 1 is 1.36 bits per heavy atom. The van der Waals surface area contributed by atoms with E-state index in [-0.39, 0.29) is 56.9 Å². The van der Waals surface area contributed by atoms with E-state index in [9.17, 15) is 4.79 Å². The van der Waals surface area contributed by atoms with Crippen molar-refractivity contribution in [1.29, 1.82) is 0 Å². The van der Waals surface area contributed by atoms with Crippen molar-refractivity contribution in [3.8, 4) is 0 Å². The van der Waals surface area contributed by atoms with Crippen LogP contribution in [0.3, 0.4) is 0 Å². The van der Waals surface area contributed by atoms with Crippen molar-refractivity contribution < 1.29 is 9.90 Å². The second kappa shape index (κ2) is 4.90. The van der Waals surface area contributed by atoms with Crippen LogP contribution in [-0.2, 0) is 0 Å². The molecule has 0 bridgehead atoms. The zero-order valence-electron chi connectivity index (χ0n) is 6.24. The molecule has 0 fully saturated rings. The maximum absolute atomic E-state index is 10.3. The molecule has 0 aliphatic rings. The van der Waals surface area contributed by atoms with Gasteiger partial charge in [0.05, 0.1) is 5.56 Å². The Labute approximate surface area is 107 Å². The Hall–Kier alpha value is 0.126. The molecule has 0 saturated heterocycles. The van der Waals surface area contributed by atoms with Gasteiger partial charge in [-0.2, -0.15) is 0 Å². The summed E-state index contributed by atoms with van der Waals surface area (Å²) < 4.78 is 0. The first kappa shape index (κ1) is 11.1. The summed E-state index contributed by atoms with van der Waals surface area (Å²) in [6.07, 6.45) is 0. The Morgan fingerprint density at radius 2 is 1.91 bits per heavy atom. The fourth-order valence-corrected chi connectivity index (χ4v) is 0.692. The molecule has 4 heteroatoms. The third-order valence-electron chi connectivity index (χ3n) is 1.19. The Morgan fingerprint density at radius 3 is 2.27 bits per heavy atom. The van der Waals surface area contributed by atoms with E-state index in [1.54, 1.807) is 18.2 Å². The SMILES string of the molecule is Nc1ccccc1C(=O)O.[K]. The quantitative estimate of drug-likeness (QED) is 0.486. The summed E-state index contributed by atoms with van der Waals surface area (Å²) in [7, 11) is 0. The van der Waals surface area contributed by atoms with Crippen molar-refractivity contribution in [2.45, 2.75) is 0 Å². The minimum absolute atomic E-state index is 0. The average molecular weight is 176 g/mol. The summed E-state index contributed by atoms with van der Waals surface area (Å²) in [6.45, 7) is 0. The van der Waals surface area contributed by atoms with Crippen LogP contribution in [0.1, 0.15) is 10.4 Å². The Bertz CT molecular complexity index is 262. The number of anilines is 1. The van der Waals surface area contributed by atoms with E-state index in [1.165, 1.54) is 6.07 Å². The van der Waals surface area contributed by atoms with Crippen LogP contribution in [0.4, 0.5) is 5.69 Å². The maximum atomic E-state index is 10.3. The molecule has 3 N–H and O–H groups in total. The van der Waals surface area contributed by atoms with Crippen LogP contribution in [0.25, 0.3) is 0 Å². The van der Waals surface area contributed by atoms with Gasteiger partial charge in [0.1, 0.15) is 0 Å². The van der Waals surface area contributed by atoms with Gasteiger partial charge >= 0.3 is 5.97 Å². The van der Waals surface area contributed by atoms with Gasteiger partial charge in [-0.05, 0) is 12.1 Å². The van der Waals surface area contributed by atoms with Gasteiger partial charge in [-0.3, -0.25) is 0 Å². The second-order valence-electron chi connectivity index (χ2n) is 1.89. The molecule has 0 amide bonds. The van der Waals surface area contributed by atoms with Crippen molar-refractivity contribution in [3.63, 3.8) is 0 Å². The van der Waals surface area contributed by atoms with E-state index in [0.29, 0.717) is 5.69 Å². The van der Waals surface area contributed by atoms with E-state index < -0.39 is 5.97 Å². The van der Waals surface area contributed by atoms with Gasteiger partial charge in [0, 0.05) is 57.1 Å². The van der Waals surface area contributed by atoms with Gasteiger partial charge in [-0.15, -0.1) is 0 Å². The smallest absolute Gasteiger partial charge is 0.337 e. The Kier molecular flexibility index (Phi) is 4.95. The van der Waals surface area contributed by atoms with Gasteiger partial charge in [0.15, 0.2) is 0 Å². The van der Waals surface area contributed by atoms with Crippen molar-refractivity contribution >= 4 is 63.0 Å². The number of carbonyl (C=O) groups is 1. The first-order valence-electron chi connectivity index (χ1n) is 2.79. The molecule has 0 unspecified atom stereocenters. The topological polar surface area (TPSA) is 63.3 Å². The molecule has 0 atom stereocenters. The fourth-order valence-electron chi connectivity index (χ4n) is 0.692. The molecule has 0 aliphatic heterocycles. The van der Waals surface area contributed by atoms with Crippen LogP contribution in [0.15, 0.2) is 24.3 Å². The first-order chi connectivity index (χ1) is 4.72. The molecule has 0 aliphatic carbocycles. The molecule has 1 radical (unpaired) electrons. The van der Waals surface area contributed by atoms with Gasteiger partial charge in [0.25, 0.3) is 0 Å². The van der Waals surface area contributed by atoms with E-state index in [2.05, 4.69) is 0 Å². The number of aromatic carboxylic acids is 1. The third kappa shape index (κ3) is 2.92. The molecule has 11 heavy (non-hydrogen) atoms. The number of rotatable bonds is 1. The van der Waals surface area contributed by atoms with Gasteiger partial charge in [-0.1, -0.05) is 12.1 Å². The molecule has 1 aromatic rings. The van der Waals surface area contributed by atoms with Crippen LogP contribution in [0, 0.1) is 0 Å². The molecular formula is C7H7KNO2. The zero-order chi connectivity index (χ0) is 7.56. The molecule has 0 heterocycles. The molecule has 0 aromatic heterocycles. The number of para-hydroxylation sites is 1. The van der Waals surface area contributed by atoms with Crippen LogP contribution in [0.5, 0.6) is 0 Å². The normalized spacial score (nSPS) is 8.36.